The molecule has 2 rings (SSSR count). The van der Waals surface area contributed by atoms with Gasteiger partial charge in [-0.15, -0.1) is 0 Å². The minimum Gasteiger partial charge on any atom is -0.493 e. The smallest absolute Gasteiger partial charge is 0.224 e. The van der Waals surface area contributed by atoms with Crippen molar-refractivity contribution in [3.63, 3.8) is 0 Å². The van der Waals surface area contributed by atoms with Crippen molar-refractivity contribution < 1.29 is 19.0 Å². The first kappa shape index (κ1) is 19.1. The Bertz CT molecular complexity index is 522. The van der Waals surface area contributed by atoms with Crippen molar-refractivity contribution in [2.75, 3.05) is 32.4 Å². The van der Waals surface area contributed by atoms with E-state index in [1.807, 2.05) is 21.6 Å². The zero-order valence-corrected chi connectivity index (χ0v) is 16.1. The molecule has 1 aromatic carbocycles. The molecule has 0 aliphatic carbocycles. The summed E-state index contributed by atoms with van der Waals surface area (Å²) in [5, 5.41) is 3.68. The first-order chi connectivity index (χ1) is 11.7. The number of nitrogens with one attached hydrogen (secondary N) is 1. The summed E-state index contributed by atoms with van der Waals surface area (Å²) in [5.41, 5.74) is 0.650. The lowest BCUT2D eigenvalue weighted by atomic mass is 10.1. The largest absolute Gasteiger partial charge is 0.493 e. The maximum absolute atomic E-state index is 12.1. The lowest BCUT2D eigenvalue weighted by Crippen LogP contribution is -2.12. The Morgan fingerprint density at radius 3 is 2.42 bits per heavy atom. The Hall–Kier alpha value is -1.21. The third-order valence-corrected chi connectivity index (χ3v) is 6.86. The highest BCUT2D eigenvalue weighted by molar-refractivity contribution is 8.77. The maximum atomic E-state index is 12.1. The van der Waals surface area contributed by atoms with Crippen LogP contribution in [0.3, 0.4) is 0 Å². The van der Waals surface area contributed by atoms with Crippen LogP contribution in [0.5, 0.6) is 17.2 Å². The molecule has 134 valence electrons. The Morgan fingerprint density at radius 2 is 1.88 bits per heavy atom. The summed E-state index contributed by atoms with van der Waals surface area (Å²) >= 11 is 0. The van der Waals surface area contributed by atoms with Gasteiger partial charge in [-0.25, -0.2) is 0 Å². The van der Waals surface area contributed by atoms with Gasteiger partial charge >= 0.3 is 0 Å². The first-order valence-corrected chi connectivity index (χ1v) is 10.4. The number of benzene rings is 1. The van der Waals surface area contributed by atoms with Crippen LogP contribution in [-0.2, 0) is 4.79 Å². The summed E-state index contributed by atoms with van der Waals surface area (Å²) in [7, 11) is 8.62. The first-order valence-electron chi connectivity index (χ1n) is 8.06. The predicted octanol–water partition coefficient (Wildman–Crippen LogP) is 4.37. The lowest BCUT2D eigenvalue weighted by Gasteiger charge is -2.14. The molecular weight excluding hydrogens is 346 g/mol. The van der Waals surface area contributed by atoms with Crippen molar-refractivity contribution in [2.24, 2.45) is 0 Å². The SMILES string of the molecule is COc1cc(NC(=O)CCCC[C@@H]2CCSS2)cc(OC)c1OC. The molecule has 1 fully saturated rings. The Kier molecular flexibility index (Phi) is 7.91. The molecule has 1 aliphatic heterocycles. The zero-order valence-electron chi connectivity index (χ0n) is 14.4. The molecule has 1 amide bonds. The molecule has 0 aromatic heterocycles. The van der Waals surface area contributed by atoms with Gasteiger partial charge in [0.25, 0.3) is 0 Å². The number of rotatable bonds is 9. The lowest BCUT2D eigenvalue weighted by molar-refractivity contribution is -0.116. The van der Waals surface area contributed by atoms with Gasteiger partial charge in [0.05, 0.1) is 21.3 Å². The Balaban J connectivity index is 1.84. The second-order valence-electron chi connectivity index (χ2n) is 5.54. The normalized spacial score (nSPS) is 16.7. The number of methoxy groups -OCH3 is 3. The highest BCUT2D eigenvalue weighted by Crippen LogP contribution is 2.40. The van der Waals surface area contributed by atoms with E-state index in [1.54, 1.807) is 33.5 Å². The summed E-state index contributed by atoms with van der Waals surface area (Å²) in [6.45, 7) is 0. The number of unbranched alkanes of at least 4 members (excludes halogenated alkanes) is 1. The number of ether oxygens (including phenoxy) is 3. The van der Waals surface area contributed by atoms with E-state index in [1.165, 1.54) is 18.6 Å². The van der Waals surface area contributed by atoms with Crippen molar-refractivity contribution >= 4 is 33.2 Å². The van der Waals surface area contributed by atoms with E-state index in [2.05, 4.69) is 5.32 Å². The van der Waals surface area contributed by atoms with Crippen LogP contribution in [0.1, 0.15) is 32.1 Å². The van der Waals surface area contributed by atoms with Crippen LogP contribution in [0.2, 0.25) is 0 Å². The van der Waals surface area contributed by atoms with Crippen LogP contribution < -0.4 is 19.5 Å². The quantitative estimate of drug-likeness (QED) is 0.514. The fourth-order valence-electron chi connectivity index (χ4n) is 2.60. The fraction of sp³-hybridized carbons (Fsp3) is 0.588. The standard InChI is InChI=1S/C17H25NO4S2/c1-20-14-10-12(11-15(21-2)17(14)22-3)18-16(19)7-5-4-6-13-8-9-23-24-13/h10-11,13H,4-9H2,1-3H3,(H,18,19)/t13-/m1/s1. The Morgan fingerprint density at radius 1 is 1.17 bits per heavy atom. The monoisotopic (exact) mass is 371 g/mol. The third-order valence-electron chi connectivity index (χ3n) is 3.86. The van der Waals surface area contributed by atoms with E-state index in [-0.39, 0.29) is 5.91 Å². The summed E-state index contributed by atoms with van der Waals surface area (Å²) < 4.78 is 15.9. The van der Waals surface area contributed by atoms with Crippen LogP contribution in [-0.4, -0.2) is 38.2 Å². The number of hydrogen-bond acceptors (Lipinski definition) is 6. The van der Waals surface area contributed by atoms with Crippen molar-refractivity contribution in [1.29, 1.82) is 0 Å². The van der Waals surface area contributed by atoms with Gasteiger partial charge in [0.1, 0.15) is 0 Å². The van der Waals surface area contributed by atoms with Gasteiger partial charge in [-0.05, 0) is 19.3 Å². The molecule has 0 spiro atoms. The van der Waals surface area contributed by atoms with Crippen LogP contribution in [0.25, 0.3) is 0 Å². The summed E-state index contributed by atoms with van der Waals surface area (Å²) in [5.74, 6) is 2.85. The van der Waals surface area contributed by atoms with Gasteiger partial charge < -0.3 is 19.5 Å². The number of amides is 1. The van der Waals surface area contributed by atoms with E-state index in [0.29, 0.717) is 29.4 Å². The van der Waals surface area contributed by atoms with Gasteiger partial charge in [0, 0.05) is 35.2 Å². The third kappa shape index (κ3) is 5.41. The molecule has 0 unspecified atom stereocenters. The van der Waals surface area contributed by atoms with Crippen LogP contribution in [0.4, 0.5) is 5.69 Å². The topological polar surface area (TPSA) is 56.8 Å². The molecule has 5 nitrogen and oxygen atoms in total. The fourth-order valence-corrected chi connectivity index (χ4v) is 5.63. The van der Waals surface area contributed by atoms with Crippen molar-refractivity contribution in [2.45, 2.75) is 37.4 Å². The van der Waals surface area contributed by atoms with Gasteiger partial charge in [0.2, 0.25) is 11.7 Å². The highest BCUT2D eigenvalue weighted by atomic mass is 33.1. The van der Waals surface area contributed by atoms with E-state index >= 15 is 0 Å². The number of carbonyl (C=O) groups is 1. The average Bonchev–Trinajstić information content (AvgIpc) is 3.11. The molecule has 0 saturated carbocycles. The molecule has 1 saturated heterocycles. The highest BCUT2D eigenvalue weighted by Gasteiger charge is 2.16. The summed E-state index contributed by atoms with van der Waals surface area (Å²) in [4.78, 5) is 12.1. The summed E-state index contributed by atoms with van der Waals surface area (Å²) in [6, 6.07) is 3.48. The molecule has 0 bridgehead atoms. The molecule has 1 aliphatic rings. The summed E-state index contributed by atoms with van der Waals surface area (Å²) in [6.07, 6.45) is 5.04. The van der Waals surface area contributed by atoms with Gasteiger partial charge in [-0.1, -0.05) is 28.0 Å². The van der Waals surface area contributed by atoms with Crippen LogP contribution in [0, 0.1) is 0 Å². The molecular formula is C17H25NO4S2. The minimum absolute atomic E-state index is 0.0118. The molecule has 1 atom stereocenters. The second kappa shape index (κ2) is 9.93. The second-order valence-corrected chi connectivity index (χ2v) is 8.32. The van der Waals surface area contributed by atoms with Gasteiger partial charge in [-0.2, -0.15) is 0 Å². The van der Waals surface area contributed by atoms with Gasteiger partial charge in [0.15, 0.2) is 11.5 Å². The number of hydrogen-bond donors (Lipinski definition) is 1. The average molecular weight is 372 g/mol. The number of anilines is 1. The van der Waals surface area contributed by atoms with Crippen molar-refractivity contribution in [3.05, 3.63) is 12.1 Å². The van der Waals surface area contributed by atoms with E-state index in [4.69, 9.17) is 14.2 Å². The van der Waals surface area contributed by atoms with Crippen LogP contribution >= 0.6 is 21.6 Å². The molecule has 1 N–H and O–H groups in total. The molecule has 0 radical (unpaired) electrons. The molecule has 24 heavy (non-hydrogen) atoms. The van der Waals surface area contributed by atoms with Crippen LogP contribution in [0.15, 0.2) is 12.1 Å². The van der Waals surface area contributed by atoms with E-state index in [0.717, 1.165) is 18.1 Å². The van der Waals surface area contributed by atoms with Gasteiger partial charge in [-0.3, -0.25) is 4.79 Å². The maximum Gasteiger partial charge on any atom is 0.224 e. The minimum atomic E-state index is 0.0118. The van der Waals surface area contributed by atoms with Crippen molar-refractivity contribution in [1.82, 2.24) is 0 Å². The molecule has 1 aromatic rings. The molecule has 1 heterocycles. The van der Waals surface area contributed by atoms with E-state index in [9.17, 15) is 4.79 Å². The zero-order chi connectivity index (χ0) is 17.4. The molecule has 7 heteroatoms. The Labute approximate surface area is 151 Å². The number of carbonyl (C=O) groups excluding carboxylic acids is 1. The van der Waals surface area contributed by atoms with Crippen molar-refractivity contribution in [3.8, 4) is 17.2 Å². The predicted molar refractivity (Wildman–Crippen MR) is 102 cm³/mol. The van der Waals surface area contributed by atoms with E-state index < -0.39 is 0 Å².